The highest BCUT2D eigenvalue weighted by molar-refractivity contribution is 5.70. The highest BCUT2D eigenvalue weighted by Crippen LogP contribution is 2.15. The number of hydrogen-bond acceptors (Lipinski definition) is 2. The second-order valence-electron chi connectivity index (χ2n) is 5.19. The summed E-state index contributed by atoms with van der Waals surface area (Å²) in [5.41, 5.74) is 6.81. The lowest BCUT2D eigenvalue weighted by Gasteiger charge is -2.12. The summed E-state index contributed by atoms with van der Waals surface area (Å²) in [7, 11) is 0. The van der Waals surface area contributed by atoms with Crippen molar-refractivity contribution in [3.63, 3.8) is 0 Å². The first-order valence-corrected chi connectivity index (χ1v) is 7.04. The lowest BCUT2D eigenvalue weighted by atomic mass is 9.93. The van der Waals surface area contributed by atoms with Crippen molar-refractivity contribution in [3.05, 3.63) is 48.0 Å². The van der Waals surface area contributed by atoms with E-state index in [2.05, 4.69) is 0 Å². The Labute approximate surface area is 122 Å². The summed E-state index contributed by atoms with van der Waals surface area (Å²) in [6.45, 7) is 7.75. The number of benzene rings is 1. The van der Waals surface area contributed by atoms with Crippen LogP contribution in [-0.4, -0.2) is 11.1 Å². The van der Waals surface area contributed by atoms with Gasteiger partial charge in [0.15, 0.2) is 0 Å². The third kappa shape index (κ3) is 7.74. The molecule has 0 amide bonds. The maximum absolute atomic E-state index is 10.6. The minimum absolute atomic E-state index is 0.159. The molecule has 0 heterocycles. The predicted molar refractivity (Wildman–Crippen MR) is 84.4 cm³/mol. The predicted octanol–water partition coefficient (Wildman–Crippen LogP) is 4.02. The van der Waals surface area contributed by atoms with Crippen LogP contribution in [0.15, 0.2) is 42.5 Å². The number of nitrogens with two attached hydrogens (primary N) is 1. The van der Waals surface area contributed by atoms with Crippen molar-refractivity contribution in [1.29, 1.82) is 0 Å². The van der Waals surface area contributed by atoms with Crippen molar-refractivity contribution in [2.24, 2.45) is 17.6 Å². The Balaban J connectivity index is 0.000000367. The van der Waals surface area contributed by atoms with E-state index in [0.717, 1.165) is 0 Å². The van der Waals surface area contributed by atoms with Gasteiger partial charge in [-0.25, -0.2) is 0 Å². The second-order valence-corrected chi connectivity index (χ2v) is 5.19. The highest BCUT2D eigenvalue weighted by Gasteiger charge is 2.19. The third-order valence-electron chi connectivity index (χ3n) is 3.07. The van der Waals surface area contributed by atoms with Gasteiger partial charge in [0.1, 0.15) is 0 Å². The van der Waals surface area contributed by atoms with Crippen molar-refractivity contribution >= 4 is 5.97 Å². The molecule has 3 nitrogen and oxygen atoms in total. The van der Waals surface area contributed by atoms with Gasteiger partial charge in [0.2, 0.25) is 0 Å². The molecule has 1 aromatic carbocycles. The highest BCUT2D eigenvalue weighted by atomic mass is 16.4. The van der Waals surface area contributed by atoms with Gasteiger partial charge in [-0.1, -0.05) is 56.3 Å². The van der Waals surface area contributed by atoms with Crippen LogP contribution in [0.2, 0.25) is 0 Å². The molecule has 0 saturated carbocycles. The molecule has 2 atom stereocenters. The first kappa shape index (κ1) is 18.4. The summed E-state index contributed by atoms with van der Waals surface area (Å²) in [6.07, 6.45) is 4.43. The van der Waals surface area contributed by atoms with E-state index in [1.54, 1.807) is 0 Å². The molecule has 0 radical (unpaired) electrons. The fraction of sp³-hybridized carbons (Fsp3) is 0.471. The van der Waals surface area contributed by atoms with Crippen molar-refractivity contribution in [1.82, 2.24) is 0 Å². The molecule has 0 fully saturated rings. The molecule has 3 heteroatoms. The van der Waals surface area contributed by atoms with Crippen LogP contribution in [0.1, 0.15) is 45.7 Å². The molecule has 0 bridgehead atoms. The van der Waals surface area contributed by atoms with Gasteiger partial charge in [-0.3, -0.25) is 4.79 Å². The van der Waals surface area contributed by atoms with Gasteiger partial charge in [0.25, 0.3) is 0 Å². The van der Waals surface area contributed by atoms with Gasteiger partial charge in [0.05, 0.1) is 5.92 Å². The van der Waals surface area contributed by atoms with Crippen LogP contribution in [0.25, 0.3) is 0 Å². The number of hydrogen-bond donors (Lipinski definition) is 2. The molecule has 0 aliphatic carbocycles. The molecule has 0 spiro atoms. The topological polar surface area (TPSA) is 63.3 Å². The average Bonchev–Trinajstić information content (AvgIpc) is 2.40. The Morgan fingerprint density at radius 3 is 2.10 bits per heavy atom. The van der Waals surface area contributed by atoms with Gasteiger partial charge in [0, 0.05) is 6.04 Å². The first-order chi connectivity index (χ1) is 9.40. The third-order valence-corrected chi connectivity index (χ3v) is 3.07. The zero-order valence-electron chi connectivity index (χ0n) is 12.9. The molecule has 1 unspecified atom stereocenters. The maximum Gasteiger partial charge on any atom is 0.307 e. The fourth-order valence-corrected chi connectivity index (χ4v) is 1.70. The molecule has 1 rings (SSSR count). The van der Waals surface area contributed by atoms with Crippen LogP contribution in [0.5, 0.6) is 0 Å². The molecular weight excluding hydrogens is 250 g/mol. The number of carboxylic acid groups (broad SMARTS) is 1. The Bertz CT molecular complexity index is 397. The molecule has 0 aliphatic rings. The number of aliphatic carboxylic acids is 1. The van der Waals surface area contributed by atoms with Gasteiger partial charge in [-0.2, -0.15) is 0 Å². The van der Waals surface area contributed by atoms with Crippen molar-refractivity contribution < 1.29 is 9.90 Å². The number of rotatable bonds is 5. The minimum atomic E-state index is -0.696. The summed E-state index contributed by atoms with van der Waals surface area (Å²) in [6, 6.07) is 10.2. The van der Waals surface area contributed by atoms with E-state index in [-0.39, 0.29) is 17.9 Å². The van der Waals surface area contributed by atoms with Crippen LogP contribution >= 0.6 is 0 Å². The number of carboxylic acids is 1. The maximum atomic E-state index is 10.6. The quantitative estimate of drug-likeness (QED) is 0.799. The van der Waals surface area contributed by atoms with Crippen molar-refractivity contribution in [2.45, 2.75) is 40.2 Å². The Hall–Kier alpha value is -1.61. The first-order valence-electron chi connectivity index (χ1n) is 7.04. The molecule has 1 aromatic rings. The standard InChI is InChI=1S/C9H16O2.C8H11N/c1-4-5-6-8(7(2)3)9(10)11;1-7(9)8-5-3-2-4-6-8/h4-5,7-8H,6H2,1-3H3,(H,10,11);2-7H,9H2,1H3/b5-4+;/t;7-/m.0/s1. The summed E-state index contributed by atoms with van der Waals surface area (Å²) in [5, 5.41) is 8.74. The number of carbonyl (C=O) groups is 1. The van der Waals surface area contributed by atoms with Gasteiger partial charge in [-0.15, -0.1) is 0 Å². The van der Waals surface area contributed by atoms with E-state index in [9.17, 15) is 4.79 Å². The van der Waals surface area contributed by atoms with Gasteiger partial charge < -0.3 is 10.8 Å². The molecule has 112 valence electrons. The summed E-state index contributed by atoms with van der Waals surface area (Å²) in [5.74, 6) is -0.715. The molecule has 0 saturated heterocycles. The Morgan fingerprint density at radius 1 is 1.25 bits per heavy atom. The molecule has 20 heavy (non-hydrogen) atoms. The molecular formula is C17H27NO2. The van der Waals surface area contributed by atoms with Crippen LogP contribution in [0, 0.1) is 11.8 Å². The van der Waals surface area contributed by atoms with Crippen LogP contribution < -0.4 is 5.73 Å². The van der Waals surface area contributed by atoms with E-state index in [4.69, 9.17) is 10.8 Å². The lowest BCUT2D eigenvalue weighted by Crippen LogP contribution is -2.18. The van der Waals surface area contributed by atoms with Crippen LogP contribution in [0.4, 0.5) is 0 Å². The van der Waals surface area contributed by atoms with Crippen LogP contribution in [0.3, 0.4) is 0 Å². The van der Waals surface area contributed by atoms with Crippen LogP contribution in [-0.2, 0) is 4.79 Å². The fourth-order valence-electron chi connectivity index (χ4n) is 1.70. The zero-order chi connectivity index (χ0) is 15.5. The zero-order valence-corrected chi connectivity index (χ0v) is 12.9. The monoisotopic (exact) mass is 277 g/mol. The summed E-state index contributed by atoms with van der Waals surface area (Å²) >= 11 is 0. The van der Waals surface area contributed by atoms with E-state index >= 15 is 0 Å². The second kappa shape index (κ2) is 10.2. The smallest absolute Gasteiger partial charge is 0.307 e. The summed E-state index contributed by atoms with van der Waals surface area (Å²) < 4.78 is 0. The van der Waals surface area contributed by atoms with Gasteiger partial charge >= 0.3 is 5.97 Å². The molecule has 0 aromatic heterocycles. The van der Waals surface area contributed by atoms with E-state index in [1.165, 1.54) is 5.56 Å². The lowest BCUT2D eigenvalue weighted by molar-refractivity contribution is -0.143. The Kier molecular flexibility index (Phi) is 9.39. The Morgan fingerprint density at radius 2 is 1.80 bits per heavy atom. The molecule has 0 aliphatic heterocycles. The molecule has 3 N–H and O–H groups in total. The van der Waals surface area contributed by atoms with Gasteiger partial charge in [-0.05, 0) is 31.7 Å². The number of allylic oxidation sites excluding steroid dienone is 2. The largest absolute Gasteiger partial charge is 0.481 e. The van der Waals surface area contributed by atoms with E-state index in [0.29, 0.717) is 6.42 Å². The van der Waals surface area contributed by atoms with E-state index in [1.807, 2.05) is 70.2 Å². The normalized spacial score (nSPS) is 13.7. The SMILES string of the molecule is C/C=C/CC(C(=O)O)C(C)C.C[C@H](N)c1ccccc1. The average molecular weight is 277 g/mol. The van der Waals surface area contributed by atoms with E-state index < -0.39 is 5.97 Å². The van der Waals surface area contributed by atoms with Crippen molar-refractivity contribution in [3.8, 4) is 0 Å². The minimum Gasteiger partial charge on any atom is -0.481 e. The summed E-state index contributed by atoms with van der Waals surface area (Å²) in [4.78, 5) is 10.6. The van der Waals surface area contributed by atoms with Crippen molar-refractivity contribution in [2.75, 3.05) is 0 Å².